The second kappa shape index (κ2) is 37.3. The van der Waals surface area contributed by atoms with Crippen LogP contribution in [-0.4, -0.2) is 44.9 Å². The maximum Gasteiger partial charge on any atom is 0.164 e. The molecular formula is C132H89N9. The minimum Gasteiger partial charge on any atom is -0.208 e. The molecule has 25 aromatic rings. The molecule has 3 heterocycles. The third-order valence-corrected chi connectivity index (χ3v) is 27.2. The van der Waals surface area contributed by atoms with Crippen LogP contribution in [0.3, 0.4) is 0 Å². The van der Waals surface area contributed by atoms with Crippen molar-refractivity contribution in [3.8, 4) is 180 Å². The average Bonchev–Trinajstić information content (AvgIpc) is 1.58. The minimum absolute atomic E-state index is 0.163. The molecule has 662 valence electrons. The highest BCUT2D eigenvalue weighted by atomic mass is 15.1. The Morgan fingerprint density at radius 2 is 0.326 bits per heavy atom. The van der Waals surface area contributed by atoms with Crippen molar-refractivity contribution >= 4 is 64.6 Å². The van der Waals surface area contributed by atoms with E-state index in [2.05, 4.69) is 481 Å². The predicted molar refractivity (Wildman–Crippen MR) is 584 cm³/mol. The Bertz CT molecular complexity index is 8630. The molecule has 9 nitrogen and oxygen atoms in total. The summed E-state index contributed by atoms with van der Waals surface area (Å²) >= 11 is 0. The van der Waals surface area contributed by atoms with E-state index in [0.29, 0.717) is 52.4 Å². The van der Waals surface area contributed by atoms with Crippen molar-refractivity contribution in [2.24, 2.45) is 0 Å². The summed E-state index contributed by atoms with van der Waals surface area (Å²) in [4.78, 5) is 45.5. The summed E-state index contributed by atoms with van der Waals surface area (Å²) in [6.45, 7) is 4.64. The van der Waals surface area contributed by atoms with Gasteiger partial charge in [-0.15, -0.1) is 0 Å². The van der Waals surface area contributed by atoms with E-state index in [1.165, 1.54) is 115 Å². The van der Waals surface area contributed by atoms with Crippen LogP contribution in [0.4, 0.5) is 0 Å². The van der Waals surface area contributed by atoms with Crippen LogP contribution < -0.4 is 0 Å². The van der Waals surface area contributed by atoms with Crippen molar-refractivity contribution in [2.75, 3.05) is 0 Å². The molecular weight excluding hydrogens is 1710 g/mol. The van der Waals surface area contributed by atoms with E-state index in [9.17, 15) is 0 Å². The van der Waals surface area contributed by atoms with Gasteiger partial charge in [-0.2, -0.15) is 0 Å². The highest BCUT2D eigenvalue weighted by molar-refractivity contribution is 6.26. The highest BCUT2D eigenvalue weighted by Gasteiger charge is 2.36. The average molecular weight is 1800 g/mol. The number of fused-ring (bicyclic) bond motifs is 13. The van der Waals surface area contributed by atoms with Crippen LogP contribution in [-0.2, 0) is 5.41 Å². The normalized spacial score (nSPS) is 11.8. The van der Waals surface area contributed by atoms with E-state index in [1.807, 2.05) is 36.4 Å². The maximum absolute atomic E-state index is 5.11. The molecule has 3 aromatic heterocycles. The molecule has 0 saturated carbocycles. The molecule has 1 aliphatic carbocycles. The van der Waals surface area contributed by atoms with Gasteiger partial charge in [-0.3, -0.25) is 0 Å². The van der Waals surface area contributed by atoms with Crippen LogP contribution in [0, 0.1) is 0 Å². The number of aromatic nitrogens is 9. The lowest BCUT2D eigenvalue weighted by molar-refractivity contribution is 0.661. The number of benzene rings is 22. The molecule has 1 aliphatic rings. The van der Waals surface area contributed by atoms with Gasteiger partial charge in [0.05, 0.1) is 0 Å². The van der Waals surface area contributed by atoms with Gasteiger partial charge in [0.25, 0.3) is 0 Å². The molecule has 0 amide bonds. The van der Waals surface area contributed by atoms with Crippen LogP contribution in [0.25, 0.3) is 245 Å². The third kappa shape index (κ3) is 17.2. The summed E-state index contributed by atoms with van der Waals surface area (Å²) in [6.07, 6.45) is 0. The first-order valence-corrected chi connectivity index (χ1v) is 47.8. The van der Waals surface area contributed by atoms with E-state index in [4.69, 9.17) is 44.9 Å². The molecule has 0 saturated heterocycles. The zero-order chi connectivity index (χ0) is 94.1. The summed E-state index contributed by atoms with van der Waals surface area (Å²) in [5.41, 5.74) is 27.6. The Kier molecular flexibility index (Phi) is 22.6. The zero-order valence-corrected chi connectivity index (χ0v) is 77.4. The second-order valence-corrected chi connectivity index (χ2v) is 36.3. The van der Waals surface area contributed by atoms with Gasteiger partial charge >= 0.3 is 0 Å². The van der Waals surface area contributed by atoms with E-state index >= 15 is 0 Å². The van der Waals surface area contributed by atoms with Crippen LogP contribution in [0.15, 0.2) is 504 Å². The number of rotatable bonds is 15. The Morgan fingerprint density at radius 1 is 0.121 bits per heavy atom. The smallest absolute Gasteiger partial charge is 0.164 e. The topological polar surface area (TPSA) is 116 Å². The maximum atomic E-state index is 5.11. The molecule has 0 N–H and O–H groups in total. The van der Waals surface area contributed by atoms with Gasteiger partial charge in [0.1, 0.15) is 0 Å². The molecule has 0 radical (unpaired) electrons. The fourth-order valence-electron chi connectivity index (χ4n) is 19.7. The van der Waals surface area contributed by atoms with Crippen molar-refractivity contribution < 1.29 is 0 Å². The molecule has 0 unspecified atom stereocenters. The molecule has 0 fully saturated rings. The van der Waals surface area contributed by atoms with E-state index < -0.39 is 0 Å². The van der Waals surface area contributed by atoms with Gasteiger partial charge in [-0.25, -0.2) is 44.9 Å². The summed E-state index contributed by atoms with van der Waals surface area (Å²) in [6, 6.07) is 177. The quantitative estimate of drug-likeness (QED) is 0.0925. The second-order valence-electron chi connectivity index (χ2n) is 36.3. The Balaban J connectivity index is 0.000000115. The first-order valence-electron chi connectivity index (χ1n) is 47.8. The first kappa shape index (κ1) is 85.4. The predicted octanol–water partition coefficient (Wildman–Crippen LogP) is 33.8. The van der Waals surface area contributed by atoms with E-state index in [-0.39, 0.29) is 5.41 Å². The van der Waals surface area contributed by atoms with Crippen LogP contribution in [0.1, 0.15) is 25.0 Å². The van der Waals surface area contributed by atoms with Crippen molar-refractivity contribution in [1.29, 1.82) is 0 Å². The van der Waals surface area contributed by atoms with Gasteiger partial charge < -0.3 is 0 Å². The first-order chi connectivity index (χ1) is 69.6. The zero-order valence-electron chi connectivity index (χ0n) is 77.4. The van der Waals surface area contributed by atoms with Gasteiger partial charge in [-0.05, 0) is 184 Å². The van der Waals surface area contributed by atoms with Crippen molar-refractivity contribution in [2.45, 2.75) is 19.3 Å². The number of nitrogens with zero attached hydrogens (tertiary/aromatic N) is 9. The molecule has 26 rings (SSSR count). The summed E-state index contributed by atoms with van der Waals surface area (Å²) in [5, 5.41) is 14.7. The largest absolute Gasteiger partial charge is 0.208 e. The third-order valence-electron chi connectivity index (χ3n) is 27.2. The van der Waals surface area contributed by atoms with E-state index in [0.717, 1.165) is 88.8 Å². The molecule has 0 spiro atoms. The Hall–Kier alpha value is -18.6. The SMILES string of the molecule is CC1(C)c2cc(-c3nc(-c4ccc(-c5ccccc5)cc4)nc(-c4ccc(-c5ccccc5)cc4)n3)ccc2-c2cc3ccccc3cc21.c1ccc(-c2ccc(-c3nc(-c4ccc(-c5ccccc5)cc4)nc(-c4ccc5c(ccc6ccccc65)c4)n3)cc2)cc1.c1ccc(-c2ccc(-c3nc(-c4ccc(-c5ccccc5)cc4)nc(-c4ccc5c6ccccc6c6ccccc6c5c4)n3)cc2)cc1. The van der Waals surface area contributed by atoms with Crippen LogP contribution in [0.5, 0.6) is 0 Å². The molecule has 9 heteroatoms. The molecule has 141 heavy (non-hydrogen) atoms. The van der Waals surface area contributed by atoms with Crippen molar-refractivity contribution in [1.82, 2.24) is 44.9 Å². The Morgan fingerprint density at radius 3 is 0.660 bits per heavy atom. The standard InChI is InChI=1S/C46H33N3.C45H29N3.C41H27N3/c1-46(2)41-29-38(25-26-39(41)40-27-36-15-9-10-16-37(36)28-42(40)46)45-48-43(34-21-17-32(18-22-34)30-11-5-3-6-12-30)47-44(49-45)35-23-19-33(20-24-35)31-13-7-4-8-14-31;1-3-11-30(12-4-1)32-19-23-34(24-20-32)43-46-44(35-25-21-33(22-26-35)31-13-5-2-6-14-31)48-45(47-43)36-27-28-41-39-17-8-7-15-37(39)38-16-9-10-18-40(38)42(41)29-36;1-3-9-28(10-4-1)30-15-20-33(21-16-30)39-42-40(34-22-17-31(18-23-34)29-11-5-2-6-12-29)44-41(43-39)36-25-26-38-35(27-36)24-19-32-13-7-8-14-37(32)38/h3-29H,1-2H3;1-29H;1-27H. The van der Waals surface area contributed by atoms with Gasteiger partial charge in [0.2, 0.25) is 0 Å². The lowest BCUT2D eigenvalue weighted by Gasteiger charge is -2.22. The highest BCUT2D eigenvalue weighted by Crippen LogP contribution is 2.52. The van der Waals surface area contributed by atoms with Gasteiger partial charge in [-0.1, -0.05) is 487 Å². The minimum atomic E-state index is -0.163. The molecule has 0 aliphatic heterocycles. The van der Waals surface area contributed by atoms with Crippen LogP contribution in [0.2, 0.25) is 0 Å². The molecule has 0 atom stereocenters. The van der Waals surface area contributed by atoms with E-state index in [1.54, 1.807) is 0 Å². The molecule has 0 bridgehead atoms. The summed E-state index contributed by atoms with van der Waals surface area (Å²) < 4.78 is 0. The van der Waals surface area contributed by atoms with Crippen molar-refractivity contribution in [3.05, 3.63) is 515 Å². The summed E-state index contributed by atoms with van der Waals surface area (Å²) in [5.74, 6) is 5.86. The molecule has 22 aromatic carbocycles. The summed E-state index contributed by atoms with van der Waals surface area (Å²) in [7, 11) is 0. The van der Waals surface area contributed by atoms with Gasteiger partial charge in [0.15, 0.2) is 52.4 Å². The monoisotopic (exact) mass is 1800 g/mol. The van der Waals surface area contributed by atoms with Gasteiger partial charge in [0, 0.05) is 55.5 Å². The fourth-order valence-corrected chi connectivity index (χ4v) is 19.7. The fraction of sp³-hybridized carbons (Fsp3) is 0.0227. The lowest BCUT2D eigenvalue weighted by Crippen LogP contribution is -2.15. The number of hydrogen-bond acceptors (Lipinski definition) is 9. The Labute approximate surface area is 818 Å². The van der Waals surface area contributed by atoms with Crippen LogP contribution >= 0.6 is 0 Å². The lowest BCUT2D eigenvalue weighted by atomic mass is 9.81. The number of hydrogen-bond donors (Lipinski definition) is 0. The van der Waals surface area contributed by atoms with Crippen molar-refractivity contribution in [3.63, 3.8) is 0 Å².